The van der Waals surface area contributed by atoms with Crippen LogP contribution in [0.5, 0.6) is 5.88 Å². The van der Waals surface area contributed by atoms with Crippen molar-refractivity contribution < 1.29 is 9.90 Å². The van der Waals surface area contributed by atoms with Crippen LogP contribution in [0.3, 0.4) is 0 Å². The standard InChI is InChI=1S/C23H30N4O4S/c1-5-16-9-11-17(12-10-16)24-20(19-21(29)25(3)23(31)26(4)22(19)30)32-14-18(28)27-13-7-6-8-15(27)2/h9-12,15,29H,5-8,13-14H2,1-4H3/t15-/m0/s1. The van der Waals surface area contributed by atoms with Crippen molar-refractivity contribution in [2.75, 3.05) is 12.3 Å². The molecule has 0 unspecified atom stereocenters. The number of piperidine rings is 1. The third kappa shape index (κ3) is 4.98. The molecular weight excluding hydrogens is 428 g/mol. The zero-order valence-corrected chi connectivity index (χ0v) is 19.8. The molecule has 1 N–H and O–H groups in total. The summed E-state index contributed by atoms with van der Waals surface area (Å²) in [4.78, 5) is 44.4. The number of aromatic nitrogens is 2. The minimum Gasteiger partial charge on any atom is -0.494 e. The molecular formula is C23H30N4O4S. The van der Waals surface area contributed by atoms with Crippen LogP contribution in [-0.2, 0) is 25.3 Å². The smallest absolute Gasteiger partial charge is 0.333 e. The molecule has 2 heterocycles. The molecule has 8 nitrogen and oxygen atoms in total. The second-order valence-electron chi connectivity index (χ2n) is 8.06. The maximum absolute atomic E-state index is 12.9. The zero-order valence-electron chi connectivity index (χ0n) is 19.0. The number of benzene rings is 1. The van der Waals surface area contributed by atoms with Crippen molar-refractivity contribution in [2.24, 2.45) is 19.1 Å². The highest BCUT2D eigenvalue weighted by molar-refractivity contribution is 8.15. The van der Waals surface area contributed by atoms with Crippen LogP contribution < -0.4 is 11.2 Å². The molecule has 0 aliphatic carbocycles. The number of aryl methyl sites for hydroxylation is 1. The predicted molar refractivity (Wildman–Crippen MR) is 128 cm³/mol. The van der Waals surface area contributed by atoms with E-state index in [4.69, 9.17) is 0 Å². The molecule has 1 fully saturated rings. The molecule has 172 valence electrons. The van der Waals surface area contributed by atoms with Gasteiger partial charge in [-0.05, 0) is 50.3 Å². The summed E-state index contributed by atoms with van der Waals surface area (Å²) in [6, 6.07) is 7.73. The molecule has 1 amide bonds. The van der Waals surface area contributed by atoms with Gasteiger partial charge in [-0.15, -0.1) is 0 Å². The van der Waals surface area contributed by atoms with E-state index in [1.54, 1.807) is 0 Å². The molecule has 0 saturated carbocycles. The number of amides is 1. The average molecular weight is 459 g/mol. The van der Waals surface area contributed by atoms with Crippen LogP contribution in [0.25, 0.3) is 0 Å². The van der Waals surface area contributed by atoms with Gasteiger partial charge in [-0.1, -0.05) is 30.8 Å². The summed E-state index contributed by atoms with van der Waals surface area (Å²) < 4.78 is 1.93. The Morgan fingerprint density at radius 1 is 1.16 bits per heavy atom. The Balaban J connectivity index is 2.01. The lowest BCUT2D eigenvalue weighted by molar-refractivity contribution is -0.131. The van der Waals surface area contributed by atoms with Crippen molar-refractivity contribution >= 4 is 28.4 Å². The van der Waals surface area contributed by atoms with Crippen molar-refractivity contribution in [1.29, 1.82) is 0 Å². The molecule has 1 aliphatic heterocycles. The van der Waals surface area contributed by atoms with Gasteiger partial charge in [-0.2, -0.15) is 0 Å². The van der Waals surface area contributed by atoms with Crippen molar-refractivity contribution in [3.63, 3.8) is 0 Å². The topological polar surface area (TPSA) is 96.9 Å². The summed E-state index contributed by atoms with van der Waals surface area (Å²) in [6.45, 7) is 4.82. The second kappa shape index (κ2) is 10.2. The summed E-state index contributed by atoms with van der Waals surface area (Å²) >= 11 is 1.10. The number of hydrogen-bond donors (Lipinski definition) is 1. The molecule has 1 aliphatic rings. The highest BCUT2D eigenvalue weighted by atomic mass is 32.2. The summed E-state index contributed by atoms with van der Waals surface area (Å²) in [6.07, 6.45) is 3.95. The van der Waals surface area contributed by atoms with E-state index in [-0.39, 0.29) is 28.3 Å². The van der Waals surface area contributed by atoms with Crippen LogP contribution in [-0.4, -0.2) is 48.4 Å². The number of aromatic hydroxyl groups is 1. The first-order chi connectivity index (χ1) is 15.2. The van der Waals surface area contributed by atoms with Crippen molar-refractivity contribution in [2.45, 2.75) is 45.6 Å². The molecule has 0 spiro atoms. The molecule has 1 atom stereocenters. The van der Waals surface area contributed by atoms with E-state index in [1.165, 1.54) is 14.1 Å². The van der Waals surface area contributed by atoms with E-state index < -0.39 is 17.1 Å². The molecule has 0 bridgehead atoms. The van der Waals surface area contributed by atoms with E-state index in [0.717, 1.165) is 58.7 Å². The van der Waals surface area contributed by atoms with Crippen molar-refractivity contribution in [3.05, 3.63) is 56.2 Å². The van der Waals surface area contributed by atoms with E-state index in [0.29, 0.717) is 5.69 Å². The van der Waals surface area contributed by atoms with E-state index in [9.17, 15) is 19.5 Å². The van der Waals surface area contributed by atoms with Gasteiger partial charge in [-0.25, -0.2) is 9.79 Å². The average Bonchev–Trinajstić information content (AvgIpc) is 2.80. The number of nitrogens with zero attached hydrogens (tertiary/aromatic N) is 4. The Labute approximate surface area is 191 Å². The van der Waals surface area contributed by atoms with E-state index >= 15 is 0 Å². The van der Waals surface area contributed by atoms with Crippen LogP contribution in [0.2, 0.25) is 0 Å². The van der Waals surface area contributed by atoms with E-state index in [1.807, 2.05) is 36.1 Å². The molecule has 2 aromatic rings. The van der Waals surface area contributed by atoms with Gasteiger partial charge >= 0.3 is 5.69 Å². The van der Waals surface area contributed by atoms with Crippen LogP contribution in [0.4, 0.5) is 5.69 Å². The monoisotopic (exact) mass is 458 g/mol. The molecule has 1 saturated heterocycles. The van der Waals surface area contributed by atoms with Gasteiger partial charge in [0.25, 0.3) is 5.56 Å². The normalized spacial score (nSPS) is 16.9. The Bertz CT molecular complexity index is 1130. The van der Waals surface area contributed by atoms with Gasteiger partial charge in [0.15, 0.2) is 0 Å². The van der Waals surface area contributed by atoms with Gasteiger partial charge in [0.2, 0.25) is 11.8 Å². The minimum atomic E-state index is -0.652. The first-order valence-corrected chi connectivity index (χ1v) is 11.8. The van der Waals surface area contributed by atoms with Crippen LogP contribution in [0.1, 0.15) is 44.2 Å². The maximum atomic E-state index is 12.9. The number of hydrogen-bond acceptors (Lipinski definition) is 6. The number of aliphatic imine (C=N–C) groups is 1. The Morgan fingerprint density at radius 3 is 2.47 bits per heavy atom. The molecule has 0 radical (unpaired) electrons. The largest absolute Gasteiger partial charge is 0.494 e. The number of carbonyl (C=O) groups excluding carboxylic acids is 1. The van der Waals surface area contributed by atoms with Crippen LogP contribution >= 0.6 is 11.8 Å². The van der Waals surface area contributed by atoms with Crippen molar-refractivity contribution in [1.82, 2.24) is 14.0 Å². The fourth-order valence-electron chi connectivity index (χ4n) is 3.79. The van der Waals surface area contributed by atoms with Crippen LogP contribution in [0, 0.1) is 0 Å². The zero-order chi connectivity index (χ0) is 23.4. The van der Waals surface area contributed by atoms with Gasteiger partial charge in [-0.3, -0.25) is 18.7 Å². The molecule has 1 aromatic heterocycles. The number of likely N-dealkylation sites (tertiary alicyclic amines) is 1. The number of thioether (sulfide) groups is 1. The second-order valence-corrected chi connectivity index (χ2v) is 9.03. The first-order valence-electron chi connectivity index (χ1n) is 10.8. The van der Waals surface area contributed by atoms with Gasteiger partial charge in [0, 0.05) is 26.7 Å². The Kier molecular flexibility index (Phi) is 7.60. The fraction of sp³-hybridized carbons (Fsp3) is 0.478. The summed E-state index contributed by atoms with van der Waals surface area (Å²) in [5.41, 5.74) is 0.373. The maximum Gasteiger partial charge on any atom is 0.333 e. The minimum absolute atomic E-state index is 0.0302. The van der Waals surface area contributed by atoms with Gasteiger partial charge in [0.1, 0.15) is 10.6 Å². The summed E-state index contributed by atoms with van der Waals surface area (Å²) in [5.74, 6) is -0.410. The molecule has 9 heteroatoms. The first kappa shape index (κ1) is 23.8. The molecule has 3 rings (SSSR count). The highest BCUT2D eigenvalue weighted by Gasteiger charge is 2.26. The molecule has 1 aromatic carbocycles. The highest BCUT2D eigenvalue weighted by Crippen LogP contribution is 2.25. The third-order valence-corrected chi connectivity index (χ3v) is 6.84. The van der Waals surface area contributed by atoms with Crippen LogP contribution in [0.15, 0.2) is 38.8 Å². The number of carbonyl (C=O) groups is 1. The third-order valence-electron chi connectivity index (χ3n) is 5.88. The van der Waals surface area contributed by atoms with Gasteiger partial charge in [0.05, 0.1) is 11.4 Å². The van der Waals surface area contributed by atoms with Gasteiger partial charge < -0.3 is 10.0 Å². The van der Waals surface area contributed by atoms with Crippen molar-refractivity contribution in [3.8, 4) is 5.88 Å². The lowest BCUT2D eigenvalue weighted by Gasteiger charge is -2.33. The van der Waals surface area contributed by atoms with E-state index in [2.05, 4.69) is 11.9 Å². The SMILES string of the molecule is CCc1ccc(N=C(SCC(=O)N2CCCC[C@@H]2C)c2c(O)n(C)c(=O)n(C)c2=O)cc1. The lowest BCUT2D eigenvalue weighted by atomic mass is 10.0. The summed E-state index contributed by atoms with van der Waals surface area (Å²) in [5, 5.41) is 10.8. The predicted octanol–water partition coefficient (Wildman–Crippen LogP) is 2.56. The Hall–Kier alpha value is -2.81. The molecule has 32 heavy (non-hydrogen) atoms. The number of rotatable bonds is 5. The summed E-state index contributed by atoms with van der Waals surface area (Å²) in [7, 11) is 2.74. The fourth-order valence-corrected chi connectivity index (χ4v) is 4.70. The lowest BCUT2D eigenvalue weighted by Crippen LogP contribution is -2.43. The quantitative estimate of drug-likeness (QED) is 0.549. The Morgan fingerprint density at radius 2 is 1.84 bits per heavy atom.